The Morgan fingerprint density at radius 1 is 1.45 bits per heavy atom. The molecule has 0 spiro atoms. The molecule has 20 heavy (non-hydrogen) atoms. The molecule has 0 aliphatic rings. The lowest BCUT2D eigenvalue weighted by molar-refractivity contribution is 0.0919. The number of carbonyl (C=O) groups is 1. The van der Waals surface area contributed by atoms with Gasteiger partial charge in [0.2, 0.25) is 0 Å². The van der Waals surface area contributed by atoms with Gasteiger partial charge in [0.1, 0.15) is 5.69 Å². The second-order valence-corrected chi connectivity index (χ2v) is 5.64. The molecule has 112 valence electrons. The number of nitrogens with two attached hydrogens (primary N) is 1. The minimum absolute atomic E-state index is 0.105. The molecule has 1 amide bonds. The van der Waals surface area contributed by atoms with Crippen LogP contribution >= 0.6 is 0 Å². The minimum atomic E-state index is -0.172. The Balaban J connectivity index is 2.73. The largest absolute Gasteiger partial charge is 0.347 e. The number of aromatic nitrogens is 1. The molecule has 1 atom stereocenters. The highest BCUT2D eigenvalue weighted by molar-refractivity contribution is 5.93. The second-order valence-electron chi connectivity index (χ2n) is 5.64. The molecule has 1 aromatic heterocycles. The Kier molecular flexibility index (Phi) is 6.41. The van der Waals surface area contributed by atoms with Gasteiger partial charge in [-0.2, -0.15) is 0 Å². The molecule has 0 aliphatic heterocycles. The molecule has 1 rings (SSSR count). The Morgan fingerprint density at radius 3 is 2.70 bits per heavy atom. The Hall–Kier alpha value is -1.66. The molecule has 0 bridgehead atoms. The third-order valence-corrected chi connectivity index (χ3v) is 2.84. The van der Waals surface area contributed by atoms with Gasteiger partial charge in [0.15, 0.2) is 0 Å². The van der Waals surface area contributed by atoms with Crippen molar-refractivity contribution in [2.45, 2.75) is 26.3 Å². The number of hydrogen-bond acceptors (Lipinski definition) is 5. The molecular weight excluding hydrogens is 254 g/mol. The van der Waals surface area contributed by atoms with Crippen molar-refractivity contribution in [3.63, 3.8) is 0 Å². The van der Waals surface area contributed by atoms with Crippen LogP contribution in [0.15, 0.2) is 18.3 Å². The normalized spacial score (nSPS) is 12.6. The van der Waals surface area contributed by atoms with Gasteiger partial charge in [0, 0.05) is 18.8 Å². The maximum atomic E-state index is 12.2. The number of rotatable bonds is 7. The van der Waals surface area contributed by atoms with Gasteiger partial charge in [-0.15, -0.1) is 0 Å². The van der Waals surface area contributed by atoms with E-state index in [4.69, 9.17) is 5.84 Å². The number of hydrogen-bond donors (Lipinski definition) is 3. The fourth-order valence-electron chi connectivity index (χ4n) is 2.09. The smallest absolute Gasteiger partial charge is 0.270 e. The molecule has 4 N–H and O–H groups in total. The zero-order valence-corrected chi connectivity index (χ0v) is 12.7. The molecule has 6 heteroatoms. The van der Waals surface area contributed by atoms with Crippen LogP contribution in [-0.2, 0) is 0 Å². The average Bonchev–Trinajstić information content (AvgIpc) is 2.37. The molecule has 6 nitrogen and oxygen atoms in total. The molecule has 0 aromatic carbocycles. The summed E-state index contributed by atoms with van der Waals surface area (Å²) in [5, 5.41) is 3.04. The van der Waals surface area contributed by atoms with Crippen molar-refractivity contribution in [1.29, 1.82) is 0 Å². The van der Waals surface area contributed by atoms with Gasteiger partial charge in [-0.1, -0.05) is 13.8 Å². The van der Waals surface area contributed by atoms with Gasteiger partial charge in [0.05, 0.1) is 5.69 Å². The predicted molar refractivity (Wildman–Crippen MR) is 81.3 cm³/mol. The summed E-state index contributed by atoms with van der Waals surface area (Å²) in [4.78, 5) is 18.4. The van der Waals surface area contributed by atoms with Gasteiger partial charge in [-0.25, -0.2) is 0 Å². The number of likely N-dealkylation sites (N-methyl/N-ethyl adjacent to an activating group) is 1. The van der Waals surface area contributed by atoms with Crippen LogP contribution in [0.25, 0.3) is 0 Å². The first-order chi connectivity index (χ1) is 9.42. The topological polar surface area (TPSA) is 83.3 Å². The Bertz CT molecular complexity index is 423. The van der Waals surface area contributed by atoms with Crippen LogP contribution in [0.2, 0.25) is 0 Å². The third kappa shape index (κ3) is 5.54. The first-order valence-corrected chi connectivity index (χ1v) is 6.80. The van der Waals surface area contributed by atoms with Crippen LogP contribution in [0.1, 0.15) is 30.8 Å². The van der Waals surface area contributed by atoms with E-state index in [1.807, 2.05) is 14.1 Å². The van der Waals surface area contributed by atoms with E-state index in [1.54, 1.807) is 18.3 Å². The molecule has 0 saturated heterocycles. The summed E-state index contributed by atoms with van der Waals surface area (Å²) in [6, 6.07) is 3.45. The summed E-state index contributed by atoms with van der Waals surface area (Å²) < 4.78 is 0. The van der Waals surface area contributed by atoms with Gasteiger partial charge in [-0.05, 0) is 38.6 Å². The number of pyridine rings is 1. The van der Waals surface area contributed by atoms with Crippen LogP contribution in [0.5, 0.6) is 0 Å². The maximum absolute atomic E-state index is 12.2. The molecule has 1 heterocycles. The van der Waals surface area contributed by atoms with Crippen molar-refractivity contribution in [2.24, 2.45) is 11.8 Å². The number of hydrazine groups is 1. The van der Waals surface area contributed by atoms with Crippen LogP contribution in [0, 0.1) is 5.92 Å². The fourth-order valence-corrected chi connectivity index (χ4v) is 2.09. The number of amides is 1. The van der Waals surface area contributed by atoms with Crippen LogP contribution in [-0.4, -0.2) is 42.5 Å². The van der Waals surface area contributed by atoms with Gasteiger partial charge in [-0.3, -0.25) is 15.6 Å². The van der Waals surface area contributed by atoms with E-state index in [2.05, 4.69) is 34.5 Å². The van der Waals surface area contributed by atoms with E-state index in [0.29, 0.717) is 17.3 Å². The van der Waals surface area contributed by atoms with Gasteiger partial charge in [0.25, 0.3) is 5.91 Å². The number of carbonyl (C=O) groups excluding carboxylic acids is 1. The lowest BCUT2D eigenvalue weighted by Gasteiger charge is -2.23. The van der Waals surface area contributed by atoms with Crippen molar-refractivity contribution < 1.29 is 4.79 Å². The summed E-state index contributed by atoms with van der Waals surface area (Å²) in [6.07, 6.45) is 2.49. The SMILES string of the molecule is CC(C)CC(CN(C)C)NC(=O)c1cc(NN)ccn1. The molecule has 0 fully saturated rings. The minimum Gasteiger partial charge on any atom is -0.347 e. The zero-order chi connectivity index (χ0) is 15.1. The number of anilines is 1. The fraction of sp³-hybridized carbons (Fsp3) is 0.571. The summed E-state index contributed by atoms with van der Waals surface area (Å²) >= 11 is 0. The number of nitrogen functional groups attached to an aromatic ring is 1. The zero-order valence-electron chi connectivity index (χ0n) is 12.7. The highest BCUT2D eigenvalue weighted by Crippen LogP contribution is 2.09. The summed E-state index contributed by atoms with van der Waals surface area (Å²) in [6.45, 7) is 5.09. The van der Waals surface area contributed by atoms with E-state index < -0.39 is 0 Å². The first-order valence-electron chi connectivity index (χ1n) is 6.80. The molecular formula is C14H25N5O. The molecule has 0 saturated carbocycles. The number of nitrogens with one attached hydrogen (secondary N) is 2. The average molecular weight is 279 g/mol. The van der Waals surface area contributed by atoms with E-state index in [-0.39, 0.29) is 11.9 Å². The maximum Gasteiger partial charge on any atom is 0.270 e. The van der Waals surface area contributed by atoms with E-state index in [1.165, 1.54) is 0 Å². The highest BCUT2D eigenvalue weighted by Gasteiger charge is 2.17. The standard InChI is InChI=1S/C14H25N5O/c1-10(2)7-12(9-19(3)4)17-14(20)13-8-11(18-15)5-6-16-13/h5-6,8,10,12H,7,9,15H2,1-4H3,(H,16,18)(H,17,20). The number of nitrogens with zero attached hydrogens (tertiary/aromatic N) is 2. The van der Waals surface area contributed by atoms with E-state index in [0.717, 1.165) is 13.0 Å². The molecule has 0 aliphatic carbocycles. The quantitative estimate of drug-likeness (QED) is 0.514. The monoisotopic (exact) mass is 279 g/mol. The first kappa shape index (κ1) is 16.4. The predicted octanol–water partition coefficient (Wildman–Crippen LogP) is 1.07. The Labute approximate surface area is 120 Å². The lowest BCUT2D eigenvalue weighted by atomic mass is 10.0. The van der Waals surface area contributed by atoms with Crippen molar-refractivity contribution in [2.75, 3.05) is 26.1 Å². The van der Waals surface area contributed by atoms with Crippen molar-refractivity contribution in [3.05, 3.63) is 24.0 Å². The summed E-state index contributed by atoms with van der Waals surface area (Å²) in [7, 11) is 3.99. The highest BCUT2D eigenvalue weighted by atomic mass is 16.1. The molecule has 1 unspecified atom stereocenters. The van der Waals surface area contributed by atoms with Crippen molar-refractivity contribution in [3.8, 4) is 0 Å². The van der Waals surface area contributed by atoms with E-state index in [9.17, 15) is 4.79 Å². The summed E-state index contributed by atoms with van der Waals surface area (Å²) in [5.74, 6) is 5.68. The van der Waals surface area contributed by atoms with Gasteiger partial charge < -0.3 is 15.6 Å². The second kappa shape index (κ2) is 7.81. The van der Waals surface area contributed by atoms with Crippen molar-refractivity contribution >= 4 is 11.6 Å². The van der Waals surface area contributed by atoms with E-state index >= 15 is 0 Å². The molecule has 1 aromatic rings. The Morgan fingerprint density at radius 2 is 2.15 bits per heavy atom. The van der Waals surface area contributed by atoms with Crippen LogP contribution in [0.3, 0.4) is 0 Å². The third-order valence-electron chi connectivity index (χ3n) is 2.84. The van der Waals surface area contributed by atoms with Crippen LogP contribution in [0.4, 0.5) is 5.69 Å². The van der Waals surface area contributed by atoms with Gasteiger partial charge >= 0.3 is 0 Å². The summed E-state index contributed by atoms with van der Waals surface area (Å²) in [5.41, 5.74) is 3.55. The van der Waals surface area contributed by atoms with Crippen LogP contribution < -0.4 is 16.6 Å². The lowest BCUT2D eigenvalue weighted by Crippen LogP contribution is -2.42. The molecule has 0 radical (unpaired) electrons. The van der Waals surface area contributed by atoms with Crippen molar-refractivity contribution in [1.82, 2.24) is 15.2 Å².